The molecule has 0 N–H and O–H groups in total. The van der Waals surface area contributed by atoms with Crippen LogP contribution in [0.15, 0.2) is 53.1 Å². The molecule has 0 unspecified atom stereocenters. The number of halogens is 1. The van der Waals surface area contributed by atoms with Gasteiger partial charge in [-0.2, -0.15) is 0 Å². The van der Waals surface area contributed by atoms with Gasteiger partial charge in [-0.15, -0.1) is 0 Å². The van der Waals surface area contributed by atoms with Gasteiger partial charge in [-0.1, -0.05) is 0 Å². The third-order valence-corrected chi connectivity index (χ3v) is 3.40. The van der Waals surface area contributed by atoms with Crippen LogP contribution in [0.3, 0.4) is 0 Å². The molecule has 0 fully saturated rings. The fourth-order valence-electron chi connectivity index (χ4n) is 2.13. The predicted octanol–water partition coefficient (Wildman–Crippen LogP) is 4.08. The van der Waals surface area contributed by atoms with Crippen LogP contribution in [0.1, 0.15) is 5.69 Å². The van der Waals surface area contributed by atoms with Gasteiger partial charge in [0, 0.05) is 11.6 Å². The van der Waals surface area contributed by atoms with E-state index in [9.17, 15) is 4.39 Å². The first-order chi connectivity index (χ1) is 11.7. The maximum absolute atomic E-state index is 13.6. The standard InChI is InChI=1S/C18H16FNO4/c1-21-14-5-3-12(4-6-14)18-20-13(11-24-18)10-23-15-7-8-17(22-2)16(19)9-15/h3-9,11H,10H2,1-2H3. The summed E-state index contributed by atoms with van der Waals surface area (Å²) in [6.45, 7) is 0.172. The minimum atomic E-state index is -0.478. The van der Waals surface area contributed by atoms with E-state index < -0.39 is 5.82 Å². The number of methoxy groups -OCH3 is 2. The zero-order chi connectivity index (χ0) is 16.9. The van der Waals surface area contributed by atoms with Gasteiger partial charge in [0.2, 0.25) is 5.89 Å². The molecule has 5 nitrogen and oxygen atoms in total. The van der Waals surface area contributed by atoms with Crippen molar-refractivity contribution in [1.82, 2.24) is 4.98 Å². The molecule has 0 saturated heterocycles. The summed E-state index contributed by atoms with van der Waals surface area (Å²) in [4.78, 5) is 4.36. The summed E-state index contributed by atoms with van der Waals surface area (Å²) in [6, 6.07) is 11.8. The largest absolute Gasteiger partial charge is 0.497 e. The summed E-state index contributed by atoms with van der Waals surface area (Å²) in [7, 11) is 3.02. The van der Waals surface area contributed by atoms with Gasteiger partial charge in [0.1, 0.15) is 30.1 Å². The molecule has 6 heteroatoms. The third kappa shape index (κ3) is 3.48. The van der Waals surface area contributed by atoms with Crippen LogP contribution >= 0.6 is 0 Å². The zero-order valence-electron chi connectivity index (χ0n) is 13.3. The predicted molar refractivity (Wildman–Crippen MR) is 85.8 cm³/mol. The molecule has 0 atom stereocenters. The molecule has 24 heavy (non-hydrogen) atoms. The lowest BCUT2D eigenvalue weighted by molar-refractivity contribution is 0.297. The molecule has 3 rings (SSSR count). The van der Waals surface area contributed by atoms with E-state index in [-0.39, 0.29) is 12.4 Å². The van der Waals surface area contributed by atoms with E-state index in [0.29, 0.717) is 17.3 Å². The molecular formula is C18H16FNO4. The third-order valence-electron chi connectivity index (χ3n) is 3.40. The summed E-state index contributed by atoms with van der Waals surface area (Å²) in [5.74, 6) is 1.33. The maximum atomic E-state index is 13.6. The van der Waals surface area contributed by atoms with Crippen LogP contribution in [0, 0.1) is 5.82 Å². The Morgan fingerprint density at radius 2 is 1.75 bits per heavy atom. The Morgan fingerprint density at radius 3 is 2.42 bits per heavy atom. The molecule has 2 aromatic carbocycles. The van der Waals surface area contributed by atoms with Crippen molar-refractivity contribution >= 4 is 0 Å². The van der Waals surface area contributed by atoms with E-state index in [1.54, 1.807) is 13.2 Å². The molecule has 1 aromatic heterocycles. The van der Waals surface area contributed by atoms with Gasteiger partial charge < -0.3 is 18.6 Å². The lowest BCUT2D eigenvalue weighted by Gasteiger charge is -2.06. The van der Waals surface area contributed by atoms with Crippen LogP contribution in [0.2, 0.25) is 0 Å². The summed E-state index contributed by atoms with van der Waals surface area (Å²) in [5, 5.41) is 0. The van der Waals surface area contributed by atoms with Gasteiger partial charge in [-0.3, -0.25) is 0 Å². The Bertz CT molecular complexity index is 814. The SMILES string of the molecule is COc1ccc(-c2nc(COc3ccc(OC)c(F)c3)co2)cc1. The van der Waals surface area contributed by atoms with Crippen molar-refractivity contribution in [2.24, 2.45) is 0 Å². The second-order valence-electron chi connectivity index (χ2n) is 4.96. The highest BCUT2D eigenvalue weighted by Gasteiger charge is 2.09. The highest BCUT2D eigenvalue weighted by atomic mass is 19.1. The van der Waals surface area contributed by atoms with Gasteiger partial charge in [-0.25, -0.2) is 9.37 Å². The minimum Gasteiger partial charge on any atom is -0.497 e. The number of benzene rings is 2. The molecule has 0 aliphatic rings. The summed E-state index contributed by atoms with van der Waals surface area (Å²) in [5.41, 5.74) is 1.44. The highest BCUT2D eigenvalue weighted by molar-refractivity contribution is 5.54. The second-order valence-corrected chi connectivity index (χ2v) is 4.96. The van der Waals surface area contributed by atoms with Crippen molar-refractivity contribution in [3.63, 3.8) is 0 Å². The summed E-state index contributed by atoms with van der Waals surface area (Å²) in [6.07, 6.45) is 1.51. The number of ether oxygens (including phenoxy) is 3. The summed E-state index contributed by atoms with van der Waals surface area (Å²) >= 11 is 0. The second kappa shape index (κ2) is 7.04. The number of hydrogen-bond acceptors (Lipinski definition) is 5. The minimum absolute atomic E-state index is 0.172. The molecule has 0 radical (unpaired) electrons. The van der Waals surface area contributed by atoms with E-state index in [4.69, 9.17) is 18.6 Å². The Kier molecular flexibility index (Phi) is 4.65. The first kappa shape index (κ1) is 15.9. The lowest BCUT2D eigenvalue weighted by atomic mass is 10.2. The Balaban J connectivity index is 1.66. The van der Waals surface area contributed by atoms with E-state index >= 15 is 0 Å². The topological polar surface area (TPSA) is 53.7 Å². The van der Waals surface area contributed by atoms with Crippen molar-refractivity contribution in [1.29, 1.82) is 0 Å². The molecule has 124 valence electrons. The van der Waals surface area contributed by atoms with Crippen LogP contribution in [0.5, 0.6) is 17.2 Å². The van der Waals surface area contributed by atoms with Gasteiger partial charge in [-0.05, 0) is 36.4 Å². The lowest BCUT2D eigenvalue weighted by Crippen LogP contribution is -1.97. The number of aromatic nitrogens is 1. The highest BCUT2D eigenvalue weighted by Crippen LogP contribution is 2.24. The van der Waals surface area contributed by atoms with Crippen LogP contribution in [0.25, 0.3) is 11.5 Å². The van der Waals surface area contributed by atoms with Crippen molar-refractivity contribution in [2.45, 2.75) is 6.61 Å². The quantitative estimate of drug-likeness (QED) is 0.682. The molecule has 0 aliphatic carbocycles. The van der Waals surface area contributed by atoms with E-state index in [0.717, 1.165) is 11.3 Å². The van der Waals surface area contributed by atoms with Crippen LogP contribution in [0.4, 0.5) is 4.39 Å². The van der Waals surface area contributed by atoms with E-state index in [2.05, 4.69) is 4.98 Å². The van der Waals surface area contributed by atoms with Gasteiger partial charge in [0.15, 0.2) is 11.6 Å². The molecule has 0 bridgehead atoms. The maximum Gasteiger partial charge on any atom is 0.226 e. The van der Waals surface area contributed by atoms with Gasteiger partial charge in [0.05, 0.1) is 14.2 Å². The number of oxazole rings is 1. The van der Waals surface area contributed by atoms with Gasteiger partial charge in [0.25, 0.3) is 0 Å². The molecule has 0 spiro atoms. The number of rotatable bonds is 6. The molecule has 0 amide bonds. The number of hydrogen-bond donors (Lipinski definition) is 0. The summed E-state index contributed by atoms with van der Waals surface area (Å²) < 4.78 is 34.6. The molecule has 0 aliphatic heterocycles. The average molecular weight is 329 g/mol. The van der Waals surface area contributed by atoms with Crippen LogP contribution < -0.4 is 14.2 Å². The van der Waals surface area contributed by atoms with Crippen LogP contribution in [-0.4, -0.2) is 19.2 Å². The molecule has 3 aromatic rings. The smallest absolute Gasteiger partial charge is 0.226 e. The Hall–Kier alpha value is -3.02. The van der Waals surface area contributed by atoms with E-state index in [1.165, 1.54) is 25.5 Å². The Labute approximate surface area is 138 Å². The van der Waals surface area contributed by atoms with Crippen molar-refractivity contribution in [3.05, 3.63) is 60.2 Å². The van der Waals surface area contributed by atoms with Crippen molar-refractivity contribution < 1.29 is 23.0 Å². The van der Waals surface area contributed by atoms with Crippen LogP contribution in [-0.2, 0) is 6.61 Å². The first-order valence-electron chi connectivity index (χ1n) is 7.25. The monoisotopic (exact) mass is 329 g/mol. The molecule has 0 saturated carbocycles. The normalized spacial score (nSPS) is 10.5. The average Bonchev–Trinajstić information content (AvgIpc) is 3.09. The van der Waals surface area contributed by atoms with Crippen molar-refractivity contribution in [2.75, 3.05) is 14.2 Å². The fraction of sp³-hybridized carbons (Fsp3) is 0.167. The fourth-order valence-corrected chi connectivity index (χ4v) is 2.13. The molecular weight excluding hydrogens is 313 g/mol. The van der Waals surface area contributed by atoms with Crippen molar-refractivity contribution in [3.8, 4) is 28.7 Å². The molecule has 1 heterocycles. The Morgan fingerprint density at radius 1 is 1.00 bits per heavy atom. The first-order valence-corrected chi connectivity index (χ1v) is 7.25. The van der Waals surface area contributed by atoms with Gasteiger partial charge >= 0.3 is 0 Å². The van der Waals surface area contributed by atoms with E-state index in [1.807, 2.05) is 24.3 Å². The zero-order valence-corrected chi connectivity index (χ0v) is 13.3. The number of nitrogens with zero attached hydrogens (tertiary/aromatic N) is 1.